The first-order chi connectivity index (χ1) is 7.66. The standard InChI is InChI=1S/C10H10ClN3O2/c11-7-2-1-3-8(4-7)13-10(16)14-6-12-5-9(14)15/h1-4,12H,5-6H2,(H,13,16)/p+1. The van der Waals surface area contributed by atoms with E-state index in [0.717, 1.165) is 0 Å². The molecule has 0 unspecified atom stereocenters. The molecule has 1 aliphatic rings. The van der Waals surface area contributed by atoms with Gasteiger partial charge in [0, 0.05) is 10.7 Å². The summed E-state index contributed by atoms with van der Waals surface area (Å²) in [7, 11) is 0. The van der Waals surface area contributed by atoms with Crippen molar-refractivity contribution in [2.75, 3.05) is 18.5 Å². The zero-order valence-electron chi connectivity index (χ0n) is 8.44. The van der Waals surface area contributed by atoms with Gasteiger partial charge in [-0.25, -0.2) is 9.69 Å². The fourth-order valence-corrected chi connectivity index (χ4v) is 1.67. The van der Waals surface area contributed by atoms with Crippen molar-refractivity contribution in [1.29, 1.82) is 0 Å². The number of nitrogens with zero attached hydrogens (tertiary/aromatic N) is 1. The Morgan fingerprint density at radius 2 is 2.31 bits per heavy atom. The van der Waals surface area contributed by atoms with Crippen molar-refractivity contribution in [3.05, 3.63) is 29.3 Å². The van der Waals surface area contributed by atoms with Crippen molar-refractivity contribution in [3.63, 3.8) is 0 Å². The molecule has 84 valence electrons. The van der Waals surface area contributed by atoms with Crippen LogP contribution < -0.4 is 10.6 Å². The molecule has 3 N–H and O–H groups in total. The number of anilines is 1. The lowest BCUT2D eigenvalue weighted by molar-refractivity contribution is -0.639. The zero-order chi connectivity index (χ0) is 11.5. The van der Waals surface area contributed by atoms with Gasteiger partial charge in [-0.1, -0.05) is 17.7 Å². The summed E-state index contributed by atoms with van der Waals surface area (Å²) in [5.41, 5.74) is 0.581. The largest absolute Gasteiger partial charge is 0.333 e. The van der Waals surface area contributed by atoms with Crippen LogP contribution >= 0.6 is 11.6 Å². The maximum Gasteiger partial charge on any atom is 0.333 e. The highest BCUT2D eigenvalue weighted by molar-refractivity contribution is 6.30. The number of carbonyl (C=O) groups excluding carboxylic acids is 2. The van der Waals surface area contributed by atoms with E-state index in [1.807, 2.05) is 0 Å². The highest BCUT2D eigenvalue weighted by Crippen LogP contribution is 2.15. The molecule has 2 rings (SSSR count). The van der Waals surface area contributed by atoms with Gasteiger partial charge < -0.3 is 10.6 Å². The van der Waals surface area contributed by atoms with Crippen LogP contribution in [0.2, 0.25) is 5.02 Å². The van der Waals surface area contributed by atoms with Gasteiger partial charge in [0.05, 0.1) is 0 Å². The van der Waals surface area contributed by atoms with Crippen LogP contribution in [0.3, 0.4) is 0 Å². The Bertz CT molecular complexity index is 436. The van der Waals surface area contributed by atoms with Crippen molar-refractivity contribution in [2.24, 2.45) is 0 Å². The maximum absolute atomic E-state index is 11.7. The minimum atomic E-state index is -0.416. The minimum Gasteiger partial charge on any atom is -0.321 e. The van der Waals surface area contributed by atoms with Crippen LogP contribution in [0.15, 0.2) is 24.3 Å². The summed E-state index contributed by atoms with van der Waals surface area (Å²) >= 11 is 5.78. The number of nitrogens with two attached hydrogens (primary N) is 1. The lowest BCUT2D eigenvalue weighted by Crippen LogP contribution is -2.82. The summed E-state index contributed by atoms with van der Waals surface area (Å²) in [4.78, 5) is 24.1. The number of hydrogen-bond acceptors (Lipinski definition) is 2. The van der Waals surface area contributed by atoms with Crippen LogP contribution in [0.4, 0.5) is 10.5 Å². The van der Waals surface area contributed by atoms with Crippen LogP contribution in [0, 0.1) is 0 Å². The predicted octanol–water partition coefficient (Wildman–Crippen LogP) is 0.235. The lowest BCUT2D eigenvalue weighted by Gasteiger charge is -2.11. The number of hydrogen-bond donors (Lipinski definition) is 2. The lowest BCUT2D eigenvalue weighted by atomic mass is 10.3. The zero-order valence-corrected chi connectivity index (χ0v) is 9.20. The van der Waals surface area contributed by atoms with E-state index in [9.17, 15) is 9.59 Å². The Balaban J connectivity index is 2.04. The summed E-state index contributed by atoms with van der Waals surface area (Å²) in [5.74, 6) is -0.181. The Labute approximate surface area is 97.4 Å². The van der Waals surface area contributed by atoms with Gasteiger partial charge in [-0.15, -0.1) is 0 Å². The third-order valence-electron chi connectivity index (χ3n) is 2.25. The van der Waals surface area contributed by atoms with Gasteiger partial charge in [-0.05, 0) is 18.2 Å². The van der Waals surface area contributed by atoms with Gasteiger partial charge >= 0.3 is 6.03 Å². The monoisotopic (exact) mass is 240 g/mol. The van der Waals surface area contributed by atoms with E-state index in [-0.39, 0.29) is 5.91 Å². The van der Waals surface area contributed by atoms with Crippen molar-refractivity contribution >= 4 is 29.2 Å². The molecular weight excluding hydrogens is 230 g/mol. The third kappa shape index (κ3) is 2.32. The van der Waals surface area contributed by atoms with Gasteiger partial charge in [-0.3, -0.25) is 4.79 Å². The first-order valence-corrected chi connectivity index (χ1v) is 5.23. The van der Waals surface area contributed by atoms with Crippen LogP contribution in [0.25, 0.3) is 0 Å². The molecule has 1 aliphatic heterocycles. The average Bonchev–Trinajstić information content (AvgIpc) is 2.64. The SMILES string of the molecule is O=C1C[NH2+]CN1C(=O)Nc1cccc(Cl)c1. The summed E-state index contributed by atoms with van der Waals surface area (Å²) < 4.78 is 0. The molecule has 3 amide bonds. The van der Waals surface area contributed by atoms with E-state index in [1.165, 1.54) is 4.90 Å². The van der Waals surface area contributed by atoms with Gasteiger partial charge in [0.2, 0.25) is 0 Å². The number of nitrogens with one attached hydrogen (secondary N) is 1. The minimum absolute atomic E-state index is 0.181. The number of urea groups is 1. The first-order valence-electron chi connectivity index (χ1n) is 4.85. The molecule has 6 heteroatoms. The molecule has 0 radical (unpaired) electrons. The van der Waals surface area contributed by atoms with Crippen LogP contribution in [-0.2, 0) is 4.79 Å². The van der Waals surface area contributed by atoms with E-state index in [1.54, 1.807) is 29.6 Å². The predicted molar refractivity (Wildman–Crippen MR) is 59.0 cm³/mol. The van der Waals surface area contributed by atoms with Crippen molar-refractivity contribution in [3.8, 4) is 0 Å². The molecule has 0 bridgehead atoms. The van der Waals surface area contributed by atoms with Gasteiger partial charge in [0.15, 0.2) is 13.2 Å². The molecule has 1 aromatic rings. The summed E-state index contributed by atoms with van der Waals surface area (Å²) in [5, 5.41) is 4.92. The smallest absolute Gasteiger partial charge is 0.321 e. The molecule has 0 spiro atoms. The molecule has 0 atom stereocenters. The normalized spacial score (nSPS) is 15.3. The fourth-order valence-electron chi connectivity index (χ4n) is 1.48. The Morgan fingerprint density at radius 1 is 1.50 bits per heavy atom. The van der Waals surface area contributed by atoms with Crippen LogP contribution in [0.1, 0.15) is 0 Å². The van der Waals surface area contributed by atoms with E-state index in [0.29, 0.717) is 23.9 Å². The van der Waals surface area contributed by atoms with Crippen molar-refractivity contribution < 1.29 is 14.9 Å². The molecule has 0 aromatic heterocycles. The average molecular weight is 241 g/mol. The molecule has 5 nitrogen and oxygen atoms in total. The van der Waals surface area contributed by atoms with E-state index >= 15 is 0 Å². The molecule has 1 heterocycles. The van der Waals surface area contributed by atoms with Crippen molar-refractivity contribution in [1.82, 2.24) is 4.90 Å². The van der Waals surface area contributed by atoms with E-state index in [4.69, 9.17) is 11.6 Å². The second kappa shape index (κ2) is 4.51. The Kier molecular flexibility index (Phi) is 3.07. The molecule has 1 aromatic carbocycles. The summed E-state index contributed by atoms with van der Waals surface area (Å²) in [6.07, 6.45) is 0. The second-order valence-electron chi connectivity index (χ2n) is 3.44. The molecule has 16 heavy (non-hydrogen) atoms. The van der Waals surface area contributed by atoms with Gasteiger partial charge in [0.25, 0.3) is 5.91 Å². The van der Waals surface area contributed by atoms with Crippen molar-refractivity contribution in [2.45, 2.75) is 0 Å². The highest BCUT2D eigenvalue weighted by atomic mass is 35.5. The number of amides is 3. The quantitative estimate of drug-likeness (QED) is 0.738. The number of rotatable bonds is 1. The second-order valence-corrected chi connectivity index (χ2v) is 3.87. The topological polar surface area (TPSA) is 66.0 Å². The van der Waals surface area contributed by atoms with E-state index < -0.39 is 6.03 Å². The number of carbonyl (C=O) groups is 2. The van der Waals surface area contributed by atoms with Gasteiger partial charge in [0.1, 0.15) is 0 Å². The molecule has 1 saturated heterocycles. The third-order valence-corrected chi connectivity index (χ3v) is 2.49. The number of benzene rings is 1. The van der Waals surface area contributed by atoms with Crippen LogP contribution in [0.5, 0.6) is 0 Å². The Hall–Kier alpha value is -1.59. The molecule has 0 aliphatic carbocycles. The fraction of sp³-hybridized carbons (Fsp3) is 0.200. The van der Waals surface area contributed by atoms with Crippen LogP contribution in [-0.4, -0.2) is 30.1 Å². The molecular formula is C10H11ClN3O2+. The number of imide groups is 1. The number of halogens is 1. The highest BCUT2D eigenvalue weighted by Gasteiger charge is 2.29. The van der Waals surface area contributed by atoms with Gasteiger partial charge in [-0.2, -0.15) is 0 Å². The Morgan fingerprint density at radius 3 is 2.94 bits per heavy atom. The summed E-state index contributed by atoms with van der Waals surface area (Å²) in [6.45, 7) is 0.689. The molecule has 1 fully saturated rings. The summed E-state index contributed by atoms with van der Waals surface area (Å²) in [6, 6.07) is 6.38. The first kappa shape index (κ1) is 10.9. The van der Waals surface area contributed by atoms with E-state index in [2.05, 4.69) is 5.32 Å². The maximum atomic E-state index is 11.7. The number of quaternary nitrogens is 1. The molecule has 0 saturated carbocycles.